The molecule has 0 saturated carbocycles. The van der Waals surface area contributed by atoms with E-state index in [9.17, 15) is 16.8 Å². The van der Waals surface area contributed by atoms with E-state index in [2.05, 4.69) is 4.72 Å². The first-order valence-corrected chi connectivity index (χ1v) is 10.6. The highest BCUT2D eigenvalue weighted by Crippen LogP contribution is 2.23. The predicted octanol–water partition coefficient (Wildman–Crippen LogP) is 0.241. The van der Waals surface area contributed by atoms with Crippen LogP contribution in [0.25, 0.3) is 0 Å². The van der Waals surface area contributed by atoms with E-state index in [4.69, 9.17) is 4.74 Å². The van der Waals surface area contributed by atoms with Gasteiger partial charge in [-0.1, -0.05) is 0 Å². The van der Waals surface area contributed by atoms with Crippen LogP contribution in [0.4, 0.5) is 0 Å². The van der Waals surface area contributed by atoms with Crippen molar-refractivity contribution in [3.8, 4) is 0 Å². The summed E-state index contributed by atoms with van der Waals surface area (Å²) in [6.45, 7) is 2.22. The number of aryl methyl sites for hydroxylation is 1. The Labute approximate surface area is 135 Å². The highest BCUT2D eigenvalue weighted by Gasteiger charge is 2.36. The normalized spacial score (nSPS) is 23.3. The molecule has 1 fully saturated rings. The maximum atomic E-state index is 12.3. The molecule has 1 N–H and O–H groups in total. The SMILES string of the molecule is Cc1csc(S(=O)(=O)N[C@@H]2COC[C@H]2CS(=O)(=O)N(C)C)c1. The van der Waals surface area contributed by atoms with Crippen molar-refractivity contribution in [3.05, 3.63) is 17.0 Å². The molecule has 0 radical (unpaired) electrons. The number of sulfonamides is 2. The van der Waals surface area contributed by atoms with Crippen molar-refractivity contribution in [1.29, 1.82) is 0 Å². The van der Waals surface area contributed by atoms with Crippen molar-refractivity contribution in [1.82, 2.24) is 9.03 Å². The monoisotopic (exact) mass is 368 g/mol. The van der Waals surface area contributed by atoms with E-state index >= 15 is 0 Å². The second-order valence-corrected chi connectivity index (χ2v) is 10.6. The topological polar surface area (TPSA) is 92.8 Å². The van der Waals surface area contributed by atoms with Crippen LogP contribution >= 0.6 is 11.3 Å². The van der Waals surface area contributed by atoms with Gasteiger partial charge in [-0.15, -0.1) is 11.3 Å². The Bertz CT molecular complexity index is 724. The molecular formula is C12H20N2O5S3. The van der Waals surface area contributed by atoms with E-state index in [0.717, 1.165) is 21.2 Å². The molecule has 22 heavy (non-hydrogen) atoms. The lowest BCUT2D eigenvalue weighted by Gasteiger charge is -2.20. The van der Waals surface area contributed by atoms with Crippen molar-refractivity contribution >= 4 is 31.4 Å². The summed E-state index contributed by atoms with van der Waals surface area (Å²) < 4.78 is 57.8. The number of hydrogen-bond acceptors (Lipinski definition) is 6. The quantitative estimate of drug-likeness (QED) is 0.776. The second-order valence-electron chi connectivity index (χ2n) is 5.53. The van der Waals surface area contributed by atoms with Crippen molar-refractivity contribution < 1.29 is 21.6 Å². The van der Waals surface area contributed by atoms with Gasteiger partial charge in [0.2, 0.25) is 20.0 Å². The molecule has 2 heterocycles. The van der Waals surface area contributed by atoms with Crippen molar-refractivity contribution in [2.75, 3.05) is 33.1 Å². The minimum atomic E-state index is -3.65. The molecule has 0 spiro atoms. The second kappa shape index (κ2) is 6.54. The summed E-state index contributed by atoms with van der Waals surface area (Å²) in [5.41, 5.74) is 0.875. The highest BCUT2D eigenvalue weighted by atomic mass is 32.2. The summed E-state index contributed by atoms with van der Waals surface area (Å²) in [6, 6.07) is 1.05. The highest BCUT2D eigenvalue weighted by molar-refractivity contribution is 7.91. The third-order valence-corrected chi connectivity index (χ3v) is 8.47. The molecule has 126 valence electrons. The maximum Gasteiger partial charge on any atom is 0.250 e. The first-order chi connectivity index (χ1) is 10.1. The number of nitrogens with zero attached hydrogens (tertiary/aromatic N) is 1. The third-order valence-electron chi connectivity index (χ3n) is 3.46. The zero-order valence-corrected chi connectivity index (χ0v) is 15.1. The maximum absolute atomic E-state index is 12.3. The lowest BCUT2D eigenvalue weighted by Crippen LogP contribution is -2.43. The Balaban J connectivity index is 2.12. The van der Waals surface area contributed by atoms with Gasteiger partial charge in [-0.25, -0.2) is 25.9 Å². The van der Waals surface area contributed by atoms with Gasteiger partial charge in [-0.3, -0.25) is 0 Å². The van der Waals surface area contributed by atoms with Gasteiger partial charge < -0.3 is 4.74 Å². The van der Waals surface area contributed by atoms with Gasteiger partial charge in [0.05, 0.1) is 25.0 Å². The average Bonchev–Trinajstić information content (AvgIpc) is 2.99. The van der Waals surface area contributed by atoms with Crippen LogP contribution in [0, 0.1) is 12.8 Å². The third kappa shape index (κ3) is 4.06. The van der Waals surface area contributed by atoms with Gasteiger partial charge in [0.25, 0.3) is 0 Å². The summed E-state index contributed by atoms with van der Waals surface area (Å²) in [6.07, 6.45) is 0. The summed E-state index contributed by atoms with van der Waals surface area (Å²) in [5, 5.41) is 1.76. The summed E-state index contributed by atoms with van der Waals surface area (Å²) in [5.74, 6) is -0.542. The van der Waals surface area contributed by atoms with Gasteiger partial charge in [-0.2, -0.15) is 0 Å². The Hall–Kier alpha value is -0.520. The van der Waals surface area contributed by atoms with Gasteiger partial charge in [0.15, 0.2) is 0 Å². The van der Waals surface area contributed by atoms with Gasteiger partial charge in [0.1, 0.15) is 4.21 Å². The fraction of sp³-hybridized carbons (Fsp3) is 0.667. The van der Waals surface area contributed by atoms with Crippen LogP contribution in [0.3, 0.4) is 0 Å². The van der Waals surface area contributed by atoms with E-state index < -0.39 is 32.0 Å². The Morgan fingerprint density at radius 3 is 2.55 bits per heavy atom. The number of hydrogen-bond donors (Lipinski definition) is 1. The number of nitrogens with one attached hydrogen (secondary N) is 1. The summed E-state index contributed by atoms with van der Waals surface area (Å²) >= 11 is 1.14. The first-order valence-electron chi connectivity index (χ1n) is 6.67. The standard InChI is InChI=1S/C12H20N2O5S3/c1-9-4-12(20-7-9)22(17,18)13-11-6-19-5-10(11)8-21(15,16)14(2)3/h4,7,10-11,13H,5-6,8H2,1-3H3/t10-,11+/m0/s1. The van der Waals surface area contributed by atoms with E-state index in [1.165, 1.54) is 14.1 Å². The van der Waals surface area contributed by atoms with E-state index in [-0.39, 0.29) is 23.2 Å². The Morgan fingerprint density at radius 2 is 2.00 bits per heavy atom. The molecule has 2 atom stereocenters. The summed E-state index contributed by atoms with van der Waals surface area (Å²) in [4.78, 5) is 0. The van der Waals surface area contributed by atoms with Crippen molar-refractivity contribution in [2.45, 2.75) is 17.2 Å². The van der Waals surface area contributed by atoms with Gasteiger partial charge in [-0.05, 0) is 23.9 Å². The number of rotatable bonds is 6. The van der Waals surface area contributed by atoms with Crippen molar-refractivity contribution in [2.24, 2.45) is 5.92 Å². The summed E-state index contributed by atoms with van der Waals surface area (Å²) in [7, 11) is -4.15. The molecule has 0 aliphatic carbocycles. The molecule has 10 heteroatoms. The molecule has 1 aromatic heterocycles. The molecule has 7 nitrogen and oxygen atoms in total. The average molecular weight is 369 g/mol. The lowest BCUT2D eigenvalue weighted by molar-refractivity contribution is 0.185. The lowest BCUT2D eigenvalue weighted by atomic mass is 10.1. The van der Waals surface area contributed by atoms with Crippen LogP contribution in [0.2, 0.25) is 0 Å². The minimum absolute atomic E-state index is 0.142. The fourth-order valence-corrected chi connectivity index (χ4v) is 5.82. The van der Waals surface area contributed by atoms with Crippen LogP contribution in [0.1, 0.15) is 5.56 Å². The van der Waals surface area contributed by atoms with Crippen LogP contribution < -0.4 is 4.72 Å². The van der Waals surface area contributed by atoms with E-state index in [0.29, 0.717) is 0 Å². The molecule has 1 aliphatic heterocycles. The Morgan fingerprint density at radius 1 is 1.32 bits per heavy atom. The molecule has 0 amide bonds. The zero-order chi connectivity index (χ0) is 16.5. The minimum Gasteiger partial charge on any atom is -0.379 e. The molecule has 0 unspecified atom stereocenters. The zero-order valence-electron chi connectivity index (χ0n) is 12.6. The molecule has 0 bridgehead atoms. The number of ether oxygens (including phenoxy) is 1. The van der Waals surface area contributed by atoms with Crippen molar-refractivity contribution in [3.63, 3.8) is 0 Å². The molecule has 2 rings (SSSR count). The van der Waals surface area contributed by atoms with Crippen LogP contribution in [-0.4, -0.2) is 60.2 Å². The molecule has 1 aromatic rings. The number of thiophene rings is 1. The van der Waals surface area contributed by atoms with E-state index in [1.807, 2.05) is 6.92 Å². The largest absolute Gasteiger partial charge is 0.379 e. The van der Waals surface area contributed by atoms with Gasteiger partial charge >= 0.3 is 0 Å². The van der Waals surface area contributed by atoms with Gasteiger partial charge in [0, 0.05) is 20.0 Å². The fourth-order valence-electron chi connectivity index (χ4n) is 2.12. The predicted molar refractivity (Wildman–Crippen MR) is 84.9 cm³/mol. The molecule has 1 saturated heterocycles. The molecule has 1 aliphatic rings. The van der Waals surface area contributed by atoms with Crippen LogP contribution in [0.15, 0.2) is 15.7 Å². The van der Waals surface area contributed by atoms with E-state index in [1.54, 1.807) is 11.4 Å². The van der Waals surface area contributed by atoms with Crippen LogP contribution in [-0.2, 0) is 24.8 Å². The van der Waals surface area contributed by atoms with Crippen LogP contribution in [0.5, 0.6) is 0 Å². The smallest absolute Gasteiger partial charge is 0.250 e. The first kappa shape index (κ1) is 17.8. The molecule has 0 aromatic carbocycles. The molecular weight excluding hydrogens is 348 g/mol. The Kier molecular flexibility index (Phi) is 5.30.